The van der Waals surface area contributed by atoms with Crippen molar-refractivity contribution in [2.75, 3.05) is 11.6 Å². The average Bonchev–Trinajstić information content (AvgIpc) is 2.78. The molecule has 17 heavy (non-hydrogen) atoms. The van der Waals surface area contributed by atoms with Gasteiger partial charge in [-0.15, -0.1) is 0 Å². The number of anilines is 1. The zero-order valence-electron chi connectivity index (χ0n) is 9.81. The minimum atomic E-state index is -1.02. The number of hydrogen-bond donors (Lipinski definition) is 2. The fourth-order valence-corrected chi connectivity index (χ4v) is 3.05. The van der Waals surface area contributed by atoms with E-state index in [1.54, 1.807) is 6.07 Å². The van der Waals surface area contributed by atoms with Crippen LogP contribution in [0.25, 0.3) is 0 Å². The number of hydrogen-bond acceptors (Lipinski definition) is 4. The highest BCUT2D eigenvalue weighted by Crippen LogP contribution is 2.29. The van der Waals surface area contributed by atoms with Crippen molar-refractivity contribution in [3.05, 3.63) is 17.9 Å². The molecule has 1 aromatic rings. The molecular formula is C12H17NO3S. The molecule has 2 N–H and O–H groups in total. The molecule has 0 aliphatic heterocycles. The lowest BCUT2D eigenvalue weighted by Crippen LogP contribution is -2.28. The molecule has 0 saturated heterocycles. The van der Waals surface area contributed by atoms with E-state index < -0.39 is 5.97 Å². The Balaban J connectivity index is 1.93. The van der Waals surface area contributed by atoms with Crippen LogP contribution in [0.1, 0.15) is 36.2 Å². The molecule has 0 radical (unpaired) electrons. The first-order valence-electron chi connectivity index (χ1n) is 5.81. The second-order valence-electron chi connectivity index (χ2n) is 4.33. The number of carboxylic acid groups (broad SMARTS) is 1. The maximum absolute atomic E-state index is 10.7. The smallest absolute Gasteiger partial charge is 0.371 e. The summed E-state index contributed by atoms with van der Waals surface area (Å²) >= 11 is 1.91. The van der Waals surface area contributed by atoms with Crippen LogP contribution in [0, 0.1) is 0 Å². The van der Waals surface area contributed by atoms with Gasteiger partial charge in [-0.2, -0.15) is 11.8 Å². The Kier molecular flexibility index (Phi) is 3.99. The molecule has 0 amide bonds. The second kappa shape index (κ2) is 5.49. The van der Waals surface area contributed by atoms with Crippen LogP contribution in [0.5, 0.6) is 0 Å². The van der Waals surface area contributed by atoms with Crippen LogP contribution in [0.2, 0.25) is 0 Å². The van der Waals surface area contributed by atoms with Crippen molar-refractivity contribution in [2.24, 2.45) is 0 Å². The Morgan fingerprint density at radius 2 is 2.35 bits per heavy atom. The van der Waals surface area contributed by atoms with E-state index in [4.69, 9.17) is 9.52 Å². The highest BCUT2D eigenvalue weighted by Gasteiger charge is 2.22. The van der Waals surface area contributed by atoms with Gasteiger partial charge in [0.25, 0.3) is 0 Å². The summed E-state index contributed by atoms with van der Waals surface area (Å²) in [6.07, 6.45) is 6.88. The number of carboxylic acids is 1. The van der Waals surface area contributed by atoms with Crippen LogP contribution in [0.15, 0.2) is 16.5 Å². The molecule has 2 unspecified atom stereocenters. The van der Waals surface area contributed by atoms with E-state index in [0.29, 0.717) is 17.2 Å². The van der Waals surface area contributed by atoms with Crippen molar-refractivity contribution in [3.63, 3.8) is 0 Å². The largest absolute Gasteiger partial charge is 0.475 e. The minimum absolute atomic E-state index is 0.00951. The molecule has 2 rings (SSSR count). The van der Waals surface area contributed by atoms with Crippen molar-refractivity contribution in [3.8, 4) is 0 Å². The predicted molar refractivity (Wildman–Crippen MR) is 68.8 cm³/mol. The molecule has 1 heterocycles. The van der Waals surface area contributed by atoms with Gasteiger partial charge in [0.05, 0.1) is 0 Å². The summed E-state index contributed by atoms with van der Waals surface area (Å²) in [4.78, 5) is 10.7. The van der Waals surface area contributed by atoms with E-state index >= 15 is 0 Å². The van der Waals surface area contributed by atoms with Crippen LogP contribution in [-0.4, -0.2) is 28.6 Å². The van der Waals surface area contributed by atoms with Crippen LogP contribution in [-0.2, 0) is 0 Å². The third kappa shape index (κ3) is 3.19. The van der Waals surface area contributed by atoms with Crippen LogP contribution < -0.4 is 5.32 Å². The quantitative estimate of drug-likeness (QED) is 0.865. The molecule has 5 heteroatoms. The maximum Gasteiger partial charge on any atom is 0.371 e. The van der Waals surface area contributed by atoms with Crippen molar-refractivity contribution in [2.45, 2.75) is 37.0 Å². The molecule has 0 spiro atoms. The summed E-state index contributed by atoms with van der Waals surface area (Å²) in [7, 11) is 0. The number of nitrogens with one attached hydrogen (secondary N) is 1. The highest BCUT2D eigenvalue weighted by atomic mass is 32.2. The maximum atomic E-state index is 10.7. The first kappa shape index (κ1) is 12.4. The Morgan fingerprint density at radius 1 is 1.53 bits per heavy atom. The molecule has 94 valence electrons. The van der Waals surface area contributed by atoms with E-state index in [2.05, 4.69) is 11.6 Å². The number of rotatable bonds is 4. The molecule has 1 aliphatic carbocycles. The lowest BCUT2D eigenvalue weighted by molar-refractivity contribution is 0.0663. The van der Waals surface area contributed by atoms with Crippen LogP contribution in [0.4, 0.5) is 5.88 Å². The van der Waals surface area contributed by atoms with Gasteiger partial charge in [-0.3, -0.25) is 0 Å². The van der Waals surface area contributed by atoms with E-state index in [1.807, 2.05) is 11.8 Å². The summed E-state index contributed by atoms with van der Waals surface area (Å²) in [6.45, 7) is 0. The van der Waals surface area contributed by atoms with Gasteiger partial charge in [0.1, 0.15) is 0 Å². The third-order valence-corrected chi connectivity index (χ3v) is 4.22. The lowest BCUT2D eigenvalue weighted by atomic mass is 9.95. The first-order chi connectivity index (χ1) is 8.19. The number of aromatic carboxylic acids is 1. The standard InChI is InChI=1S/C12H17NO3S/c1-17-9-4-2-3-8(7-9)13-11-6-5-10(16-11)12(14)15/h5-6,8-9,13H,2-4,7H2,1H3,(H,14,15). The topological polar surface area (TPSA) is 62.5 Å². The van der Waals surface area contributed by atoms with Crippen LogP contribution in [0.3, 0.4) is 0 Å². The summed E-state index contributed by atoms with van der Waals surface area (Å²) in [5.74, 6) is -0.470. The molecule has 1 fully saturated rings. The van der Waals surface area contributed by atoms with Gasteiger partial charge < -0.3 is 14.8 Å². The monoisotopic (exact) mass is 255 g/mol. The first-order valence-corrected chi connectivity index (χ1v) is 7.10. The van der Waals surface area contributed by atoms with Gasteiger partial charge in [0.15, 0.2) is 5.88 Å². The van der Waals surface area contributed by atoms with Gasteiger partial charge in [0, 0.05) is 17.4 Å². The summed E-state index contributed by atoms with van der Waals surface area (Å²) in [6, 6.07) is 3.57. The average molecular weight is 255 g/mol. The van der Waals surface area contributed by atoms with E-state index in [0.717, 1.165) is 12.8 Å². The number of carbonyl (C=O) groups is 1. The molecular weight excluding hydrogens is 238 g/mol. The van der Waals surface area contributed by atoms with E-state index in [9.17, 15) is 4.79 Å². The summed E-state index contributed by atoms with van der Waals surface area (Å²) < 4.78 is 5.20. The molecule has 1 aromatic heterocycles. The molecule has 2 atom stereocenters. The minimum Gasteiger partial charge on any atom is -0.475 e. The number of furan rings is 1. The van der Waals surface area contributed by atoms with E-state index in [1.165, 1.54) is 18.9 Å². The third-order valence-electron chi connectivity index (χ3n) is 3.12. The van der Waals surface area contributed by atoms with Crippen molar-refractivity contribution in [1.29, 1.82) is 0 Å². The van der Waals surface area contributed by atoms with E-state index in [-0.39, 0.29) is 5.76 Å². The van der Waals surface area contributed by atoms with Crippen LogP contribution >= 0.6 is 11.8 Å². The van der Waals surface area contributed by atoms with Gasteiger partial charge in [-0.1, -0.05) is 6.42 Å². The zero-order chi connectivity index (χ0) is 12.3. The lowest BCUT2D eigenvalue weighted by Gasteiger charge is -2.28. The fourth-order valence-electron chi connectivity index (χ4n) is 2.22. The molecule has 4 nitrogen and oxygen atoms in total. The Bertz CT molecular complexity index is 391. The molecule has 0 aromatic carbocycles. The van der Waals surface area contributed by atoms with Crippen molar-refractivity contribution in [1.82, 2.24) is 0 Å². The highest BCUT2D eigenvalue weighted by molar-refractivity contribution is 7.99. The summed E-state index contributed by atoms with van der Waals surface area (Å²) in [5, 5.41) is 12.7. The SMILES string of the molecule is CSC1CCCC(Nc2ccc(C(=O)O)o2)C1. The summed E-state index contributed by atoms with van der Waals surface area (Å²) in [5.41, 5.74) is 0. The predicted octanol–water partition coefficient (Wildman–Crippen LogP) is 3.06. The zero-order valence-corrected chi connectivity index (χ0v) is 10.6. The molecule has 1 saturated carbocycles. The molecule has 0 bridgehead atoms. The van der Waals surface area contributed by atoms with Crippen molar-refractivity contribution < 1.29 is 14.3 Å². The molecule has 1 aliphatic rings. The Labute approximate surface area is 105 Å². The van der Waals surface area contributed by atoms with Gasteiger partial charge >= 0.3 is 5.97 Å². The van der Waals surface area contributed by atoms with Gasteiger partial charge in [0.2, 0.25) is 5.76 Å². The fraction of sp³-hybridized carbons (Fsp3) is 0.583. The van der Waals surface area contributed by atoms with Gasteiger partial charge in [-0.25, -0.2) is 4.79 Å². The normalized spacial score (nSPS) is 24.5. The van der Waals surface area contributed by atoms with Gasteiger partial charge in [-0.05, 0) is 31.6 Å². The number of thioether (sulfide) groups is 1. The second-order valence-corrected chi connectivity index (χ2v) is 5.47. The Hall–Kier alpha value is -1.10. The van der Waals surface area contributed by atoms with Crippen molar-refractivity contribution >= 4 is 23.6 Å². The Morgan fingerprint density at radius 3 is 3.00 bits per heavy atom.